The van der Waals surface area contributed by atoms with E-state index in [1.54, 1.807) is 19.6 Å². The van der Waals surface area contributed by atoms with Crippen LogP contribution in [0.4, 0.5) is 0 Å². The Kier molecular flexibility index (Phi) is 5.85. The zero-order valence-corrected chi connectivity index (χ0v) is 15.3. The van der Waals surface area contributed by atoms with Gasteiger partial charge in [-0.2, -0.15) is 0 Å². The van der Waals surface area contributed by atoms with E-state index in [-0.39, 0.29) is 17.7 Å². The second-order valence-electron chi connectivity index (χ2n) is 5.51. The quantitative estimate of drug-likeness (QED) is 0.645. The number of hydrogen-bond acceptors (Lipinski definition) is 6. The molecule has 3 aromatic rings. The fraction of sp³-hybridized carbons (Fsp3) is 0.222. The van der Waals surface area contributed by atoms with Crippen molar-refractivity contribution in [3.63, 3.8) is 0 Å². The molecule has 26 heavy (non-hydrogen) atoms. The number of nitrogens with zero attached hydrogens (tertiary/aromatic N) is 4. The normalized spacial score (nSPS) is 11.8. The monoisotopic (exact) mass is 369 g/mol. The zero-order valence-electron chi connectivity index (χ0n) is 14.5. The van der Waals surface area contributed by atoms with E-state index in [9.17, 15) is 4.79 Å². The highest BCUT2D eigenvalue weighted by Crippen LogP contribution is 2.21. The van der Waals surface area contributed by atoms with Gasteiger partial charge in [0.05, 0.1) is 24.6 Å². The smallest absolute Gasteiger partial charge is 0.231 e. The molecule has 8 heteroatoms. The molecule has 0 spiro atoms. The highest BCUT2D eigenvalue weighted by molar-refractivity contribution is 7.99. The summed E-state index contributed by atoms with van der Waals surface area (Å²) in [6.45, 7) is 1.91. The lowest BCUT2D eigenvalue weighted by Gasteiger charge is -2.13. The van der Waals surface area contributed by atoms with Gasteiger partial charge in [0.15, 0.2) is 5.16 Å². The molecule has 2 aromatic heterocycles. The first-order chi connectivity index (χ1) is 12.7. The number of carbonyl (C=O) groups is 1. The van der Waals surface area contributed by atoms with Crippen LogP contribution >= 0.6 is 11.8 Å². The number of rotatable bonds is 7. The largest absolute Gasteiger partial charge is 0.497 e. The molecule has 1 unspecified atom stereocenters. The van der Waals surface area contributed by atoms with Crippen molar-refractivity contribution < 1.29 is 9.53 Å². The van der Waals surface area contributed by atoms with Crippen molar-refractivity contribution in [1.82, 2.24) is 25.1 Å². The van der Waals surface area contributed by atoms with E-state index in [1.165, 1.54) is 11.8 Å². The summed E-state index contributed by atoms with van der Waals surface area (Å²) in [5, 5.41) is 11.6. The van der Waals surface area contributed by atoms with Gasteiger partial charge in [-0.25, -0.2) is 0 Å². The zero-order chi connectivity index (χ0) is 18.4. The molecule has 1 atom stereocenters. The Morgan fingerprint density at radius 3 is 2.77 bits per heavy atom. The molecule has 1 N–H and O–H groups in total. The Bertz CT molecular complexity index is 852. The second-order valence-corrected chi connectivity index (χ2v) is 6.46. The van der Waals surface area contributed by atoms with Crippen LogP contribution in [-0.4, -0.2) is 38.5 Å². The topological polar surface area (TPSA) is 81.9 Å². The van der Waals surface area contributed by atoms with Crippen molar-refractivity contribution in [3.05, 3.63) is 60.7 Å². The third-order valence-corrected chi connectivity index (χ3v) is 4.65. The number of thioether (sulfide) groups is 1. The van der Waals surface area contributed by atoms with Crippen LogP contribution in [0.1, 0.15) is 18.7 Å². The summed E-state index contributed by atoms with van der Waals surface area (Å²) in [6.07, 6.45) is 3.34. The maximum Gasteiger partial charge on any atom is 0.231 e. The van der Waals surface area contributed by atoms with Crippen molar-refractivity contribution in [2.45, 2.75) is 18.1 Å². The standard InChI is InChI=1S/C18H19N5O2S/c1-13(16-5-3-4-10-19-16)21-17(24)11-26-18-22-20-12-23(18)14-6-8-15(25-2)9-7-14/h3-10,12-13H,11H2,1-2H3,(H,21,24). The van der Waals surface area contributed by atoms with Gasteiger partial charge in [-0.1, -0.05) is 17.8 Å². The number of pyridine rings is 1. The van der Waals surface area contributed by atoms with Gasteiger partial charge in [-0.05, 0) is 43.3 Å². The molecular formula is C18H19N5O2S. The van der Waals surface area contributed by atoms with Gasteiger partial charge in [-0.3, -0.25) is 14.3 Å². The Hall–Kier alpha value is -2.87. The number of amides is 1. The van der Waals surface area contributed by atoms with Gasteiger partial charge >= 0.3 is 0 Å². The molecule has 3 rings (SSSR count). The third-order valence-electron chi connectivity index (χ3n) is 3.71. The van der Waals surface area contributed by atoms with E-state index in [0.29, 0.717) is 5.16 Å². The van der Waals surface area contributed by atoms with Gasteiger partial charge in [0, 0.05) is 11.9 Å². The Balaban J connectivity index is 1.60. The van der Waals surface area contributed by atoms with Crippen LogP contribution in [0.25, 0.3) is 5.69 Å². The van der Waals surface area contributed by atoms with Crippen LogP contribution in [0.2, 0.25) is 0 Å². The van der Waals surface area contributed by atoms with Crippen LogP contribution in [0.3, 0.4) is 0 Å². The maximum absolute atomic E-state index is 12.2. The second kappa shape index (κ2) is 8.48. The number of aromatic nitrogens is 4. The molecule has 7 nitrogen and oxygen atoms in total. The summed E-state index contributed by atoms with van der Waals surface area (Å²) in [4.78, 5) is 16.5. The van der Waals surface area contributed by atoms with E-state index in [4.69, 9.17) is 4.74 Å². The van der Waals surface area contributed by atoms with E-state index in [1.807, 2.05) is 54.0 Å². The molecule has 134 valence electrons. The summed E-state index contributed by atoms with van der Waals surface area (Å²) in [5.74, 6) is 0.933. The van der Waals surface area contributed by atoms with E-state index in [0.717, 1.165) is 17.1 Å². The van der Waals surface area contributed by atoms with Gasteiger partial charge in [-0.15, -0.1) is 10.2 Å². The minimum atomic E-state index is -0.149. The predicted octanol–water partition coefficient (Wildman–Crippen LogP) is 2.64. The molecule has 2 heterocycles. The van der Waals surface area contributed by atoms with Crippen LogP contribution < -0.4 is 10.1 Å². The summed E-state index contributed by atoms with van der Waals surface area (Å²) in [7, 11) is 1.62. The molecule has 1 aromatic carbocycles. The van der Waals surface area contributed by atoms with E-state index < -0.39 is 0 Å². The van der Waals surface area contributed by atoms with E-state index >= 15 is 0 Å². The Morgan fingerprint density at radius 2 is 2.08 bits per heavy atom. The molecule has 0 bridgehead atoms. The molecular weight excluding hydrogens is 350 g/mol. The SMILES string of the molecule is COc1ccc(-n2cnnc2SCC(=O)NC(C)c2ccccn2)cc1. The highest BCUT2D eigenvalue weighted by atomic mass is 32.2. The Morgan fingerprint density at radius 1 is 1.27 bits per heavy atom. The molecule has 0 saturated carbocycles. The van der Waals surface area contributed by atoms with E-state index in [2.05, 4.69) is 20.5 Å². The van der Waals surface area contributed by atoms with Crippen molar-refractivity contribution in [2.75, 3.05) is 12.9 Å². The highest BCUT2D eigenvalue weighted by Gasteiger charge is 2.13. The van der Waals surface area contributed by atoms with Crippen LogP contribution in [0.5, 0.6) is 5.75 Å². The molecule has 0 aliphatic heterocycles. The summed E-state index contributed by atoms with van der Waals surface area (Å²) < 4.78 is 7.00. The van der Waals surface area contributed by atoms with Crippen molar-refractivity contribution >= 4 is 17.7 Å². The Labute approximate surface area is 155 Å². The predicted molar refractivity (Wildman–Crippen MR) is 99.4 cm³/mol. The van der Waals surface area contributed by atoms with Crippen LogP contribution in [0, 0.1) is 0 Å². The van der Waals surface area contributed by atoms with Gasteiger partial charge < -0.3 is 10.1 Å². The first-order valence-corrected chi connectivity index (χ1v) is 9.03. The number of ether oxygens (including phenoxy) is 1. The molecule has 0 aliphatic rings. The number of hydrogen-bond donors (Lipinski definition) is 1. The van der Waals surface area contributed by atoms with Crippen LogP contribution in [0.15, 0.2) is 60.1 Å². The fourth-order valence-electron chi connectivity index (χ4n) is 2.36. The van der Waals surface area contributed by atoms with Gasteiger partial charge in [0.1, 0.15) is 12.1 Å². The number of carbonyl (C=O) groups excluding carboxylic acids is 1. The first kappa shape index (κ1) is 17.9. The lowest BCUT2D eigenvalue weighted by Crippen LogP contribution is -2.28. The molecule has 0 radical (unpaired) electrons. The summed E-state index contributed by atoms with van der Waals surface area (Å²) in [6, 6.07) is 13.0. The maximum atomic E-state index is 12.2. The van der Waals surface area contributed by atoms with Crippen molar-refractivity contribution in [1.29, 1.82) is 0 Å². The minimum absolute atomic E-state index is 0.0857. The number of benzene rings is 1. The fourth-order valence-corrected chi connectivity index (χ4v) is 3.10. The lowest BCUT2D eigenvalue weighted by atomic mass is 10.2. The number of nitrogens with one attached hydrogen (secondary N) is 1. The third kappa shape index (κ3) is 4.40. The first-order valence-electron chi connectivity index (χ1n) is 8.05. The minimum Gasteiger partial charge on any atom is -0.497 e. The van der Waals surface area contributed by atoms with Gasteiger partial charge in [0.25, 0.3) is 0 Å². The molecule has 0 fully saturated rings. The summed E-state index contributed by atoms with van der Waals surface area (Å²) >= 11 is 1.33. The summed E-state index contributed by atoms with van der Waals surface area (Å²) in [5.41, 5.74) is 1.73. The van der Waals surface area contributed by atoms with Crippen LogP contribution in [-0.2, 0) is 4.79 Å². The van der Waals surface area contributed by atoms with Gasteiger partial charge in [0.2, 0.25) is 5.91 Å². The molecule has 0 aliphatic carbocycles. The van der Waals surface area contributed by atoms with Crippen molar-refractivity contribution in [3.8, 4) is 11.4 Å². The molecule has 0 saturated heterocycles. The average molecular weight is 369 g/mol. The number of methoxy groups -OCH3 is 1. The lowest BCUT2D eigenvalue weighted by molar-refractivity contribution is -0.119. The molecule has 1 amide bonds. The average Bonchev–Trinajstić information content (AvgIpc) is 3.15. The van der Waals surface area contributed by atoms with Crippen molar-refractivity contribution in [2.24, 2.45) is 0 Å².